The number of morpholine rings is 1. The highest BCUT2D eigenvalue weighted by Crippen LogP contribution is 2.25. The molecule has 30 heavy (non-hydrogen) atoms. The van der Waals surface area contributed by atoms with Crippen molar-refractivity contribution < 1.29 is 23.8 Å². The Morgan fingerprint density at radius 1 is 1.23 bits per heavy atom. The topological polar surface area (TPSA) is 89.5 Å². The Morgan fingerprint density at radius 2 is 2.03 bits per heavy atom. The van der Waals surface area contributed by atoms with Gasteiger partial charge >= 0.3 is 0 Å². The van der Waals surface area contributed by atoms with Gasteiger partial charge < -0.3 is 19.1 Å². The third kappa shape index (κ3) is 6.04. The van der Waals surface area contributed by atoms with Gasteiger partial charge in [-0.3, -0.25) is 9.59 Å². The van der Waals surface area contributed by atoms with Gasteiger partial charge in [0.1, 0.15) is 11.5 Å². The summed E-state index contributed by atoms with van der Waals surface area (Å²) in [5.74, 6) is 0.731. The molecule has 0 saturated carbocycles. The van der Waals surface area contributed by atoms with E-state index in [-0.39, 0.29) is 18.4 Å². The first-order chi connectivity index (χ1) is 14.6. The summed E-state index contributed by atoms with van der Waals surface area (Å²) in [4.78, 5) is 26.0. The van der Waals surface area contributed by atoms with Gasteiger partial charge in [0.25, 0.3) is 11.8 Å². The Balaban J connectivity index is 1.52. The zero-order chi connectivity index (χ0) is 21.3. The number of nitrogens with one attached hydrogen (secondary N) is 1. The first-order valence-electron chi connectivity index (χ1n) is 9.32. The molecule has 0 spiro atoms. The molecule has 3 rings (SSSR count). The van der Waals surface area contributed by atoms with E-state index in [1.54, 1.807) is 54.5 Å². The van der Waals surface area contributed by atoms with Crippen LogP contribution in [0.4, 0.5) is 0 Å². The van der Waals surface area contributed by atoms with Crippen molar-refractivity contribution in [1.29, 1.82) is 0 Å². The second-order valence-electron chi connectivity index (χ2n) is 6.40. The fraction of sp³-hybridized carbons (Fsp3) is 0.286. The van der Waals surface area contributed by atoms with E-state index in [9.17, 15) is 9.59 Å². The minimum absolute atomic E-state index is 0.0391. The van der Waals surface area contributed by atoms with Crippen molar-refractivity contribution in [3.05, 3.63) is 58.1 Å². The first-order valence-corrected chi connectivity index (χ1v) is 10.1. The van der Waals surface area contributed by atoms with Crippen LogP contribution in [-0.2, 0) is 9.53 Å². The average molecular weight is 476 g/mol. The van der Waals surface area contributed by atoms with E-state index < -0.39 is 0 Å². The van der Waals surface area contributed by atoms with Crippen LogP contribution >= 0.6 is 15.9 Å². The number of ether oxygens (including phenoxy) is 3. The highest BCUT2D eigenvalue weighted by atomic mass is 79.9. The van der Waals surface area contributed by atoms with Crippen LogP contribution in [-0.4, -0.2) is 62.9 Å². The van der Waals surface area contributed by atoms with E-state index in [1.807, 2.05) is 0 Å². The Morgan fingerprint density at radius 3 is 2.77 bits per heavy atom. The van der Waals surface area contributed by atoms with Gasteiger partial charge in [-0.25, -0.2) is 5.43 Å². The van der Waals surface area contributed by atoms with Crippen molar-refractivity contribution in [1.82, 2.24) is 10.3 Å². The molecule has 0 aromatic heterocycles. The van der Waals surface area contributed by atoms with Crippen LogP contribution in [0.2, 0.25) is 0 Å². The summed E-state index contributed by atoms with van der Waals surface area (Å²) in [7, 11) is 1.54. The van der Waals surface area contributed by atoms with Crippen LogP contribution in [0.15, 0.2) is 52.0 Å². The Hall–Kier alpha value is -2.91. The van der Waals surface area contributed by atoms with Crippen molar-refractivity contribution in [2.24, 2.45) is 5.10 Å². The van der Waals surface area contributed by atoms with Crippen molar-refractivity contribution in [2.75, 3.05) is 40.0 Å². The number of benzene rings is 2. The highest BCUT2D eigenvalue weighted by Gasteiger charge is 2.17. The van der Waals surface area contributed by atoms with Gasteiger partial charge in [0.15, 0.2) is 6.61 Å². The number of hydrogen-bond donors (Lipinski definition) is 1. The van der Waals surface area contributed by atoms with Crippen LogP contribution in [0.5, 0.6) is 11.5 Å². The normalized spacial score (nSPS) is 13.9. The minimum atomic E-state index is -0.342. The number of amides is 2. The number of halogens is 1. The lowest BCUT2D eigenvalue weighted by molar-refractivity contribution is -0.137. The SMILES string of the molecule is COc1cccc(C(=O)NN=Cc2ccc(OCC(=O)N3CCOCC3)c(Br)c2)c1. The maximum absolute atomic E-state index is 12.2. The molecule has 9 heteroatoms. The summed E-state index contributed by atoms with van der Waals surface area (Å²) < 4.78 is 16.7. The maximum Gasteiger partial charge on any atom is 0.271 e. The molecule has 0 radical (unpaired) electrons. The van der Waals surface area contributed by atoms with Crippen LogP contribution < -0.4 is 14.9 Å². The fourth-order valence-corrected chi connectivity index (χ4v) is 3.26. The maximum atomic E-state index is 12.2. The van der Waals surface area contributed by atoms with Crippen molar-refractivity contribution in [2.45, 2.75) is 0 Å². The molecule has 0 bridgehead atoms. The lowest BCUT2D eigenvalue weighted by Crippen LogP contribution is -2.43. The molecule has 1 saturated heterocycles. The third-order valence-corrected chi connectivity index (χ3v) is 5.00. The first kappa shape index (κ1) is 21.8. The van der Waals surface area contributed by atoms with Crippen LogP contribution in [0, 0.1) is 0 Å². The van der Waals surface area contributed by atoms with E-state index in [0.717, 1.165) is 5.56 Å². The molecule has 0 atom stereocenters. The zero-order valence-corrected chi connectivity index (χ0v) is 18.1. The molecule has 2 amide bonds. The van der Waals surface area contributed by atoms with E-state index in [1.165, 1.54) is 6.21 Å². The summed E-state index contributed by atoms with van der Waals surface area (Å²) in [6.07, 6.45) is 1.52. The minimum Gasteiger partial charge on any atom is -0.497 e. The van der Waals surface area contributed by atoms with Crippen molar-refractivity contribution in [3.63, 3.8) is 0 Å². The summed E-state index contributed by atoms with van der Waals surface area (Å²) in [5, 5.41) is 3.98. The molecule has 1 fully saturated rings. The molecule has 1 aliphatic rings. The molecule has 0 aliphatic carbocycles. The molecule has 8 nitrogen and oxygen atoms in total. The number of rotatable bonds is 7. The Labute approximate surface area is 182 Å². The molecule has 0 unspecified atom stereocenters. The standard InChI is InChI=1S/C21H22BrN3O5/c1-28-17-4-2-3-16(12-17)21(27)24-23-13-15-5-6-19(18(22)11-15)30-14-20(26)25-7-9-29-10-8-25/h2-6,11-13H,7-10,14H2,1H3,(H,24,27). The van der Waals surface area contributed by atoms with Crippen LogP contribution in [0.3, 0.4) is 0 Å². The second-order valence-corrected chi connectivity index (χ2v) is 7.26. The number of carbonyl (C=O) groups excluding carboxylic acids is 2. The fourth-order valence-electron chi connectivity index (χ4n) is 2.75. The number of carbonyl (C=O) groups is 2. The molecule has 1 N–H and O–H groups in total. The molecule has 2 aromatic carbocycles. The Bertz CT molecular complexity index is 929. The third-order valence-electron chi connectivity index (χ3n) is 4.38. The molecular formula is C21H22BrN3O5. The van der Waals surface area contributed by atoms with Gasteiger partial charge in [0.05, 0.1) is 31.0 Å². The van der Waals surface area contributed by atoms with E-state index in [0.29, 0.717) is 47.8 Å². The van der Waals surface area contributed by atoms with Gasteiger partial charge in [-0.2, -0.15) is 5.10 Å². The lowest BCUT2D eigenvalue weighted by Gasteiger charge is -2.26. The van der Waals surface area contributed by atoms with Gasteiger partial charge in [0, 0.05) is 18.7 Å². The van der Waals surface area contributed by atoms with Gasteiger partial charge in [-0.15, -0.1) is 0 Å². The molecule has 1 heterocycles. The highest BCUT2D eigenvalue weighted by molar-refractivity contribution is 9.10. The zero-order valence-electron chi connectivity index (χ0n) is 16.5. The number of hydrogen-bond acceptors (Lipinski definition) is 6. The van der Waals surface area contributed by atoms with E-state index >= 15 is 0 Å². The second kappa shape index (κ2) is 10.7. The quantitative estimate of drug-likeness (QED) is 0.490. The summed E-state index contributed by atoms with van der Waals surface area (Å²) >= 11 is 3.43. The van der Waals surface area contributed by atoms with E-state index in [2.05, 4.69) is 26.5 Å². The Kier molecular flexibility index (Phi) is 7.81. The summed E-state index contributed by atoms with van der Waals surface area (Å²) in [5.41, 5.74) is 3.67. The van der Waals surface area contributed by atoms with Gasteiger partial charge in [-0.05, 0) is 57.9 Å². The molecule has 158 valence electrons. The smallest absolute Gasteiger partial charge is 0.271 e. The summed E-state index contributed by atoms with van der Waals surface area (Å²) in [6.45, 7) is 2.23. The molecule has 2 aromatic rings. The largest absolute Gasteiger partial charge is 0.497 e. The number of hydrazone groups is 1. The van der Waals surface area contributed by atoms with Crippen molar-refractivity contribution >= 4 is 34.0 Å². The van der Waals surface area contributed by atoms with Crippen molar-refractivity contribution in [3.8, 4) is 11.5 Å². The monoisotopic (exact) mass is 475 g/mol. The molecular weight excluding hydrogens is 454 g/mol. The van der Waals surface area contributed by atoms with Gasteiger partial charge in [0.2, 0.25) is 0 Å². The predicted molar refractivity (Wildman–Crippen MR) is 115 cm³/mol. The van der Waals surface area contributed by atoms with Gasteiger partial charge in [-0.1, -0.05) is 6.07 Å². The predicted octanol–water partition coefficient (Wildman–Crippen LogP) is 2.46. The number of nitrogens with zero attached hydrogens (tertiary/aromatic N) is 2. The number of methoxy groups -OCH3 is 1. The van der Waals surface area contributed by atoms with Crippen LogP contribution in [0.25, 0.3) is 0 Å². The summed E-state index contributed by atoms with van der Waals surface area (Å²) in [6, 6.07) is 12.1. The molecule has 1 aliphatic heterocycles. The van der Waals surface area contributed by atoms with Crippen LogP contribution in [0.1, 0.15) is 15.9 Å². The van der Waals surface area contributed by atoms with E-state index in [4.69, 9.17) is 14.2 Å². The average Bonchev–Trinajstić information content (AvgIpc) is 2.78. The lowest BCUT2D eigenvalue weighted by atomic mass is 10.2.